The minimum Gasteiger partial charge on any atom is -0.289 e. The molecule has 0 bridgehead atoms. The van der Waals surface area contributed by atoms with Gasteiger partial charge >= 0.3 is 0 Å². The second kappa shape index (κ2) is 16.0. The van der Waals surface area contributed by atoms with Crippen LogP contribution in [-0.2, 0) is 14.1 Å². The van der Waals surface area contributed by atoms with Crippen molar-refractivity contribution >= 4 is 38.3 Å². The molecule has 0 radical (unpaired) electrons. The number of benzene rings is 6. The first-order valence-electron chi connectivity index (χ1n) is 16.1. The van der Waals surface area contributed by atoms with Gasteiger partial charge in [0.15, 0.2) is 25.5 Å². The number of rotatable bonds is 11. The number of carbonyl (C=O) groups excluding carboxylic acids is 1. The molecule has 6 rings (SSSR count). The molecule has 4 heteroatoms. The number of Topliss-reactive ketones (excluding diaryl/α,β-unsaturated/α-hetero) is 1. The molecule has 0 fully saturated rings. The standard InChI is InChI=1S/C22H24B.C20H17O2S/c1-2-3-19-23(20-13-7-4-8-14-20,21-15-9-5-10-16-21)22-17-11-6-12-18-22;21-20(17-10-4-1-5-11-17)16-23(22,18-12-6-2-7-13-18)19-14-8-3-9-15-19/h4-18H,2-3,19H2,1H3;1-15H,16H2/q-1;+1. The van der Waals surface area contributed by atoms with Gasteiger partial charge in [-0.1, -0.05) is 182 Å². The predicted molar refractivity (Wildman–Crippen MR) is 197 cm³/mol. The lowest BCUT2D eigenvalue weighted by Gasteiger charge is -2.43. The average Bonchev–Trinajstić information content (AvgIpc) is 3.14. The van der Waals surface area contributed by atoms with Crippen LogP contribution in [0.4, 0.5) is 0 Å². The van der Waals surface area contributed by atoms with Gasteiger partial charge in [0.2, 0.25) is 5.78 Å². The molecule has 46 heavy (non-hydrogen) atoms. The molecule has 0 amide bonds. The van der Waals surface area contributed by atoms with Crippen molar-refractivity contribution in [1.29, 1.82) is 0 Å². The van der Waals surface area contributed by atoms with Crippen molar-refractivity contribution in [3.63, 3.8) is 0 Å². The van der Waals surface area contributed by atoms with E-state index in [0.29, 0.717) is 15.4 Å². The van der Waals surface area contributed by atoms with Gasteiger partial charge in [-0.05, 0) is 24.3 Å². The number of hydrogen-bond donors (Lipinski definition) is 0. The minimum atomic E-state index is -2.64. The zero-order valence-electron chi connectivity index (χ0n) is 26.5. The number of hydrogen-bond acceptors (Lipinski definition) is 2. The normalized spacial score (nSPS) is 11.2. The first-order valence-corrected chi connectivity index (χ1v) is 17.8. The van der Waals surface area contributed by atoms with Gasteiger partial charge in [0, 0.05) is 5.56 Å². The van der Waals surface area contributed by atoms with Gasteiger partial charge in [0.25, 0.3) is 0 Å². The Hall–Kier alpha value is -4.80. The Morgan fingerprint density at radius 2 is 0.826 bits per heavy atom. The van der Waals surface area contributed by atoms with Crippen LogP contribution >= 0.6 is 0 Å². The Morgan fingerprint density at radius 3 is 1.17 bits per heavy atom. The minimum absolute atomic E-state index is 0.0228. The lowest BCUT2D eigenvalue weighted by molar-refractivity contribution is 0.102. The molecule has 0 unspecified atom stereocenters. The molecule has 0 N–H and O–H groups in total. The fourth-order valence-corrected chi connectivity index (χ4v) is 8.74. The Balaban J connectivity index is 0.000000181. The summed E-state index contributed by atoms with van der Waals surface area (Å²) < 4.78 is 13.8. The summed E-state index contributed by atoms with van der Waals surface area (Å²) >= 11 is 0. The Morgan fingerprint density at radius 1 is 0.500 bits per heavy atom. The molecule has 0 atom stereocenters. The van der Waals surface area contributed by atoms with E-state index in [0.717, 1.165) is 0 Å². The van der Waals surface area contributed by atoms with Crippen molar-refractivity contribution in [2.75, 3.05) is 5.75 Å². The van der Waals surface area contributed by atoms with Crippen LogP contribution in [0.2, 0.25) is 6.32 Å². The van der Waals surface area contributed by atoms with Crippen LogP contribution in [0, 0.1) is 0 Å². The molecule has 6 aromatic carbocycles. The number of ketones is 1. The second-order valence-corrected chi connectivity index (χ2v) is 14.2. The van der Waals surface area contributed by atoms with Crippen LogP contribution in [-0.4, -0.2) is 17.7 Å². The van der Waals surface area contributed by atoms with E-state index in [-0.39, 0.29) is 11.5 Å². The number of carbonyl (C=O) groups is 1. The molecule has 0 saturated carbocycles. The molecule has 0 saturated heterocycles. The van der Waals surface area contributed by atoms with Crippen molar-refractivity contribution in [2.24, 2.45) is 0 Å². The first kappa shape index (κ1) is 32.6. The highest BCUT2D eigenvalue weighted by molar-refractivity contribution is 8.03. The quantitative estimate of drug-likeness (QED) is 0.0828. The van der Waals surface area contributed by atoms with E-state index in [1.165, 1.54) is 35.6 Å². The van der Waals surface area contributed by atoms with E-state index in [2.05, 4.69) is 97.9 Å². The Kier molecular flexibility index (Phi) is 11.3. The highest BCUT2D eigenvalue weighted by Crippen LogP contribution is 2.30. The third kappa shape index (κ3) is 7.52. The maximum absolute atomic E-state index is 13.8. The molecule has 0 aromatic heterocycles. The van der Waals surface area contributed by atoms with E-state index in [9.17, 15) is 9.00 Å². The van der Waals surface area contributed by atoms with Gasteiger partial charge in [0.05, 0.1) is 6.15 Å². The van der Waals surface area contributed by atoms with E-state index in [1.807, 2.05) is 78.9 Å². The maximum Gasteiger partial charge on any atom is 0.212 e. The van der Waals surface area contributed by atoms with Gasteiger partial charge in [0.1, 0.15) is 0 Å². The van der Waals surface area contributed by atoms with Crippen molar-refractivity contribution in [2.45, 2.75) is 35.9 Å². The van der Waals surface area contributed by atoms with Gasteiger partial charge < -0.3 is 0 Å². The highest BCUT2D eigenvalue weighted by atomic mass is 32.2. The largest absolute Gasteiger partial charge is 0.289 e. The molecular formula is C42H41BO2S. The molecule has 0 heterocycles. The SMILES string of the molecule is CCCC[B-](c1ccccc1)(c1ccccc1)c1ccccc1.O=C(C[S+](=O)(c1ccccc1)c1ccccc1)c1ccccc1. The molecule has 230 valence electrons. The summed E-state index contributed by atoms with van der Waals surface area (Å²) in [4.78, 5) is 14.0. The van der Waals surface area contributed by atoms with Crippen LogP contribution in [0.5, 0.6) is 0 Å². The monoisotopic (exact) mass is 620 g/mol. The first-order chi connectivity index (χ1) is 22.6. The zero-order chi connectivity index (χ0) is 32.1. The smallest absolute Gasteiger partial charge is 0.212 e. The van der Waals surface area contributed by atoms with E-state index in [4.69, 9.17) is 0 Å². The average molecular weight is 621 g/mol. The summed E-state index contributed by atoms with van der Waals surface area (Å²) in [7, 11) is -2.64. The molecule has 0 aliphatic carbocycles. The topological polar surface area (TPSA) is 34.1 Å². The summed E-state index contributed by atoms with van der Waals surface area (Å²) in [5, 5.41) is 0. The summed E-state index contributed by atoms with van der Waals surface area (Å²) in [6.45, 7) is 2.28. The fraction of sp³-hybridized carbons (Fsp3) is 0.119. The van der Waals surface area contributed by atoms with Crippen LogP contribution in [0.25, 0.3) is 0 Å². The number of unbranched alkanes of at least 4 members (excludes halogenated alkanes) is 1. The lowest BCUT2D eigenvalue weighted by atomic mass is 9.14. The third-order valence-electron chi connectivity index (χ3n) is 8.77. The second-order valence-electron chi connectivity index (χ2n) is 11.7. The van der Waals surface area contributed by atoms with E-state index >= 15 is 0 Å². The van der Waals surface area contributed by atoms with Gasteiger partial charge in [-0.3, -0.25) is 4.79 Å². The molecule has 0 spiro atoms. The molecule has 6 aromatic rings. The van der Waals surface area contributed by atoms with Crippen LogP contribution in [0.1, 0.15) is 30.1 Å². The summed E-state index contributed by atoms with van der Waals surface area (Å²) in [6.07, 6.45) is 2.73. The van der Waals surface area contributed by atoms with E-state index < -0.39 is 16.1 Å². The maximum atomic E-state index is 13.8. The van der Waals surface area contributed by atoms with Crippen molar-refractivity contribution < 1.29 is 9.00 Å². The van der Waals surface area contributed by atoms with Gasteiger partial charge in [-0.2, -0.15) is 22.7 Å². The fourth-order valence-electron chi connectivity index (χ4n) is 6.41. The van der Waals surface area contributed by atoms with Crippen molar-refractivity contribution in [3.8, 4) is 0 Å². The highest BCUT2D eigenvalue weighted by Gasteiger charge is 2.37. The Bertz CT molecular complexity index is 1670. The summed E-state index contributed by atoms with van der Waals surface area (Å²) in [6, 6.07) is 60.7. The van der Waals surface area contributed by atoms with Gasteiger partial charge in [-0.15, -0.1) is 0 Å². The van der Waals surface area contributed by atoms with Crippen LogP contribution < -0.4 is 16.4 Å². The Labute approximate surface area is 275 Å². The third-order valence-corrected chi connectivity index (χ3v) is 11.5. The van der Waals surface area contributed by atoms with Crippen molar-refractivity contribution in [1.82, 2.24) is 0 Å². The van der Waals surface area contributed by atoms with Crippen molar-refractivity contribution in [3.05, 3.63) is 188 Å². The molecule has 0 aliphatic rings. The lowest BCUT2D eigenvalue weighted by Crippen LogP contribution is -2.66. The zero-order valence-corrected chi connectivity index (χ0v) is 27.3. The molecular weight excluding hydrogens is 579 g/mol. The van der Waals surface area contributed by atoms with Crippen LogP contribution in [0.3, 0.4) is 0 Å². The summed E-state index contributed by atoms with van der Waals surface area (Å²) in [5.74, 6) is -0.131. The van der Waals surface area contributed by atoms with E-state index in [1.54, 1.807) is 12.1 Å². The predicted octanol–water partition coefficient (Wildman–Crippen LogP) is 8.44. The summed E-state index contributed by atoms with van der Waals surface area (Å²) in [5.41, 5.74) is 4.92. The molecule has 0 aliphatic heterocycles. The van der Waals surface area contributed by atoms with Crippen LogP contribution in [0.15, 0.2) is 192 Å². The van der Waals surface area contributed by atoms with Gasteiger partial charge in [-0.25, -0.2) is 0 Å². The molecule has 2 nitrogen and oxygen atoms in total.